The molecule has 4 radical (unpaired) electrons. The molecule has 0 aromatic heterocycles. The molecule has 2 aliphatic rings. The maximum atomic E-state index is 12.4. The monoisotopic (exact) mass is 417 g/mol. The second kappa shape index (κ2) is 10.5. The molecule has 2 aliphatic heterocycles. The van der Waals surface area contributed by atoms with E-state index in [1.807, 2.05) is 27.7 Å². The molecule has 1 unspecified atom stereocenters. The molecular weight excluding hydrogens is 389 g/mol. The van der Waals surface area contributed by atoms with Gasteiger partial charge in [-0.3, -0.25) is 4.57 Å². The summed E-state index contributed by atoms with van der Waals surface area (Å²) in [5, 5.41) is 0. The van der Waals surface area contributed by atoms with Gasteiger partial charge in [0.2, 0.25) is 0 Å². The SMILES string of the molecule is [B][C@H]1C[C@@H](OC(C)C)[C@@H](CSP(=O)([O-])O[C@@H]2C[C@H]([B])O[C@@H]2COC(C)C)O1. The molecule has 0 saturated carbocycles. The van der Waals surface area contributed by atoms with Gasteiger partial charge in [-0.05, 0) is 40.5 Å². The van der Waals surface area contributed by atoms with Crippen LogP contribution in [0.2, 0.25) is 0 Å². The van der Waals surface area contributed by atoms with Crippen LogP contribution >= 0.6 is 18.2 Å². The predicted octanol–water partition coefficient (Wildman–Crippen LogP) is 1.36. The molecule has 11 heteroatoms. The standard InChI is InChI=1S/C16H29B2O7PS/c1-9(2)21-7-13-12(6-16(18)23-13)25-26(19,20)27-8-14-11(22-10(3)4)5-15(17)24-14/h9-16H,5-8H2,1-4H3,(H,19,20)/p-1/t11-,12-,13-,14-,15-,16-/m1/s1. The Morgan fingerprint density at radius 1 is 1.07 bits per heavy atom. The lowest BCUT2D eigenvalue weighted by atomic mass is 9.96. The maximum Gasteiger partial charge on any atom is 0.192 e. The molecular formula is C16H28B2O7PS-. The first-order chi connectivity index (χ1) is 12.6. The van der Waals surface area contributed by atoms with E-state index in [0.717, 1.165) is 0 Å². The zero-order chi connectivity index (χ0) is 20.2. The summed E-state index contributed by atoms with van der Waals surface area (Å²) in [5.41, 5.74) is 0. The summed E-state index contributed by atoms with van der Waals surface area (Å²) in [4.78, 5) is 12.4. The van der Waals surface area contributed by atoms with E-state index in [-0.39, 0.29) is 30.7 Å². The molecule has 0 N–H and O–H groups in total. The highest BCUT2D eigenvalue weighted by molar-refractivity contribution is 8.54. The smallest absolute Gasteiger partial charge is 0.192 e. The summed E-state index contributed by atoms with van der Waals surface area (Å²) in [7, 11) is 11.6. The summed E-state index contributed by atoms with van der Waals surface area (Å²) in [6, 6.07) is -1.02. The maximum absolute atomic E-state index is 12.4. The number of ether oxygens (including phenoxy) is 4. The van der Waals surface area contributed by atoms with Crippen molar-refractivity contribution in [3.05, 3.63) is 0 Å². The van der Waals surface area contributed by atoms with Gasteiger partial charge in [0.15, 0.2) is 6.80 Å². The Morgan fingerprint density at radius 3 is 2.26 bits per heavy atom. The average Bonchev–Trinajstić information content (AvgIpc) is 3.04. The lowest BCUT2D eigenvalue weighted by Crippen LogP contribution is -2.31. The van der Waals surface area contributed by atoms with Crippen LogP contribution in [0.25, 0.3) is 0 Å². The molecule has 7 nitrogen and oxygen atoms in total. The highest BCUT2D eigenvalue weighted by atomic mass is 32.7. The third kappa shape index (κ3) is 8.01. The minimum absolute atomic E-state index is 0.00104. The Balaban J connectivity index is 1.87. The molecule has 0 bridgehead atoms. The van der Waals surface area contributed by atoms with Crippen LogP contribution in [0.1, 0.15) is 40.5 Å². The molecule has 0 spiro atoms. The third-order valence-electron chi connectivity index (χ3n) is 4.16. The molecule has 7 atom stereocenters. The van der Waals surface area contributed by atoms with Crippen LogP contribution in [-0.4, -0.2) is 76.7 Å². The van der Waals surface area contributed by atoms with Crippen molar-refractivity contribution >= 4 is 33.9 Å². The molecule has 2 fully saturated rings. The number of hydrogen-bond donors (Lipinski definition) is 0. The van der Waals surface area contributed by atoms with Crippen molar-refractivity contribution in [2.45, 2.75) is 89.2 Å². The van der Waals surface area contributed by atoms with Gasteiger partial charge < -0.3 is 28.4 Å². The van der Waals surface area contributed by atoms with E-state index >= 15 is 0 Å². The molecule has 2 rings (SSSR count). The molecule has 0 amide bonds. The van der Waals surface area contributed by atoms with Gasteiger partial charge in [-0.25, -0.2) is 0 Å². The van der Waals surface area contributed by atoms with Crippen LogP contribution in [0.15, 0.2) is 0 Å². The summed E-state index contributed by atoms with van der Waals surface area (Å²) in [5.74, 6) is 0.179. The third-order valence-corrected chi connectivity index (χ3v) is 7.14. The van der Waals surface area contributed by atoms with Crippen LogP contribution in [0.5, 0.6) is 0 Å². The Bertz CT molecular complexity index is 513. The van der Waals surface area contributed by atoms with Gasteiger partial charge >= 0.3 is 0 Å². The number of hydrogen-bond acceptors (Lipinski definition) is 8. The normalized spacial score (nSPS) is 36.6. The minimum Gasteiger partial charge on any atom is -0.770 e. The highest BCUT2D eigenvalue weighted by Crippen LogP contribution is 2.54. The van der Waals surface area contributed by atoms with E-state index in [1.165, 1.54) is 0 Å². The largest absolute Gasteiger partial charge is 0.770 e. The summed E-state index contributed by atoms with van der Waals surface area (Å²) in [6.07, 6.45) is -0.978. The number of rotatable bonds is 10. The summed E-state index contributed by atoms with van der Waals surface area (Å²) in [6.45, 7) is 3.65. The fourth-order valence-electron chi connectivity index (χ4n) is 3.04. The van der Waals surface area contributed by atoms with Crippen LogP contribution in [0.4, 0.5) is 0 Å². The van der Waals surface area contributed by atoms with E-state index in [4.69, 9.17) is 39.2 Å². The summed E-state index contributed by atoms with van der Waals surface area (Å²) >= 11 is 0.703. The van der Waals surface area contributed by atoms with Gasteiger partial charge in [0.25, 0.3) is 0 Å². The van der Waals surface area contributed by atoms with Gasteiger partial charge in [0, 0.05) is 17.8 Å². The van der Waals surface area contributed by atoms with Crippen LogP contribution in [0.3, 0.4) is 0 Å². The molecule has 152 valence electrons. The molecule has 27 heavy (non-hydrogen) atoms. The first kappa shape index (κ1) is 23.7. The van der Waals surface area contributed by atoms with Crippen molar-refractivity contribution < 1.29 is 32.9 Å². The molecule has 2 saturated heterocycles. The van der Waals surface area contributed by atoms with E-state index in [1.54, 1.807) is 0 Å². The quantitative estimate of drug-likeness (QED) is 0.389. The topological polar surface area (TPSA) is 86.3 Å². The highest BCUT2D eigenvalue weighted by Gasteiger charge is 2.38. The van der Waals surface area contributed by atoms with Gasteiger partial charge in [-0.1, -0.05) is 11.4 Å². The van der Waals surface area contributed by atoms with E-state index < -0.39 is 37.1 Å². The second-order valence-electron chi connectivity index (χ2n) is 7.39. The average molecular weight is 417 g/mol. The first-order valence-corrected chi connectivity index (χ1v) is 12.4. The van der Waals surface area contributed by atoms with Gasteiger partial charge in [-0.2, -0.15) is 0 Å². The van der Waals surface area contributed by atoms with Crippen molar-refractivity contribution in [2.24, 2.45) is 0 Å². The van der Waals surface area contributed by atoms with Crippen LogP contribution < -0.4 is 4.89 Å². The van der Waals surface area contributed by atoms with E-state index in [9.17, 15) is 9.46 Å². The lowest BCUT2D eigenvalue weighted by molar-refractivity contribution is -0.196. The summed E-state index contributed by atoms with van der Waals surface area (Å²) < 4.78 is 40.2. The zero-order valence-corrected chi connectivity index (χ0v) is 18.0. The van der Waals surface area contributed by atoms with Gasteiger partial charge in [-0.15, -0.1) is 0 Å². The predicted molar refractivity (Wildman–Crippen MR) is 104 cm³/mol. The zero-order valence-electron chi connectivity index (χ0n) is 16.3. The Labute approximate surface area is 168 Å². The van der Waals surface area contributed by atoms with Crippen LogP contribution in [-0.2, 0) is 28.0 Å². The Hall–Kier alpha value is 0.470. The van der Waals surface area contributed by atoms with Crippen molar-refractivity contribution in [3.63, 3.8) is 0 Å². The molecule has 0 aromatic rings. The molecule has 2 heterocycles. The Morgan fingerprint density at radius 2 is 1.67 bits per heavy atom. The van der Waals surface area contributed by atoms with Gasteiger partial charge in [0.05, 0.1) is 37.1 Å². The van der Waals surface area contributed by atoms with Crippen molar-refractivity contribution in [1.29, 1.82) is 0 Å². The lowest BCUT2D eigenvalue weighted by Gasteiger charge is -2.30. The molecule has 0 aromatic carbocycles. The van der Waals surface area contributed by atoms with E-state index in [2.05, 4.69) is 0 Å². The fourth-order valence-corrected chi connectivity index (χ4v) is 5.78. The molecule has 0 aliphatic carbocycles. The van der Waals surface area contributed by atoms with Crippen molar-refractivity contribution in [2.75, 3.05) is 12.4 Å². The first-order valence-electron chi connectivity index (χ1n) is 9.29. The fraction of sp³-hybridized carbons (Fsp3) is 1.00. The van der Waals surface area contributed by atoms with Crippen LogP contribution in [0, 0.1) is 0 Å². The minimum atomic E-state index is -4.19. The van der Waals surface area contributed by atoms with Gasteiger partial charge in [0.1, 0.15) is 21.8 Å². The van der Waals surface area contributed by atoms with Crippen molar-refractivity contribution in [3.8, 4) is 0 Å². The Kier molecular flexibility index (Phi) is 9.22. The van der Waals surface area contributed by atoms with E-state index in [0.29, 0.717) is 24.2 Å². The second-order valence-corrected chi connectivity index (χ2v) is 11.2. The van der Waals surface area contributed by atoms with Crippen molar-refractivity contribution in [1.82, 2.24) is 0 Å².